The number of carboxylic acid groups (broad SMARTS) is 1. The second kappa shape index (κ2) is 9.47. The summed E-state index contributed by atoms with van der Waals surface area (Å²) in [5.74, 6) is 3.91. The minimum Gasteiger partial charge on any atom is -0.489 e. The van der Waals surface area contributed by atoms with E-state index in [1.165, 1.54) is 6.08 Å². The fraction of sp³-hybridized carbons (Fsp3) is 0.542. The first-order valence-corrected chi connectivity index (χ1v) is 10.1. The smallest absolute Gasteiger partial charge is 0.303 e. The van der Waals surface area contributed by atoms with E-state index in [2.05, 4.69) is 11.8 Å². The van der Waals surface area contributed by atoms with Crippen molar-refractivity contribution in [3.05, 3.63) is 41.5 Å². The summed E-state index contributed by atoms with van der Waals surface area (Å²) in [6, 6.07) is 5.80. The molecule has 2 aliphatic rings. The van der Waals surface area contributed by atoms with Gasteiger partial charge in [0.25, 0.3) is 0 Å². The van der Waals surface area contributed by atoms with Gasteiger partial charge in [0, 0.05) is 40.8 Å². The number of para-hydroxylation sites is 1. The largest absolute Gasteiger partial charge is 0.489 e. The third-order valence-corrected chi connectivity index (χ3v) is 5.77. The monoisotopic (exact) mass is 401 g/mol. The van der Waals surface area contributed by atoms with E-state index in [-0.39, 0.29) is 30.8 Å². The number of aliphatic hydroxyl groups is 2. The summed E-state index contributed by atoms with van der Waals surface area (Å²) >= 11 is 0. The van der Waals surface area contributed by atoms with Gasteiger partial charge in [0.2, 0.25) is 0 Å². The lowest BCUT2D eigenvalue weighted by Gasteiger charge is -2.19. The minimum atomic E-state index is -2.35. The minimum absolute atomic E-state index is 0.0590. The number of hydrogen-bond acceptors (Lipinski definition) is 4. The summed E-state index contributed by atoms with van der Waals surface area (Å²) < 4.78 is 29.3. The molecule has 0 radical (unpaired) electrons. The molecule has 3 N–H and O–H groups in total. The molecule has 156 valence electrons. The molecule has 1 aromatic rings. The Balaban J connectivity index is 1.79. The van der Waals surface area contributed by atoms with Crippen molar-refractivity contribution in [3.63, 3.8) is 0 Å². The molecule has 5 nitrogen and oxygen atoms in total. The van der Waals surface area contributed by atoms with Gasteiger partial charge in [0.05, 0.1) is 12.2 Å². The summed E-state index contributed by atoms with van der Waals surface area (Å²) in [6.45, 7) is -0.723. The highest BCUT2D eigenvalue weighted by Gasteiger charge is 2.48. The highest BCUT2D eigenvalue weighted by molar-refractivity contribution is 5.66. The summed E-state index contributed by atoms with van der Waals surface area (Å²) in [5, 5.41) is 30.1. The number of hydrogen-bond donors (Lipinski definition) is 3. The zero-order valence-electron chi connectivity index (χ0n) is 19.5. The molecule has 1 heterocycles. The Bertz CT molecular complexity index is 914. The summed E-state index contributed by atoms with van der Waals surface area (Å²) in [7, 11) is 0. The van der Waals surface area contributed by atoms with E-state index in [0.29, 0.717) is 19.3 Å². The van der Waals surface area contributed by atoms with Crippen LogP contribution < -0.4 is 4.74 Å². The normalized spacial score (nSPS) is 28.9. The third-order valence-electron chi connectivity index (χ3n) is 5.77. The number of benzene rings is 1. The van der Waals surface area contributed by atoms with Crippen molar-refractivity contribution in [2.24, 2.45) is 11.8 Å². The molecular weight excluding hydrogens is 368 g/mol. The molecule has 1 saturated carbocycles. The van der Waals surface area contributed by atoms with Crippen LogP contribution in [0.2, 0.25) is 0 Å². The van der Waals surface area contributed by atoms with Gasteiger partial charge in [-0.1, -0.05) is 37.2 Å². The van der Waals surface area contributed by atoms with E-state index in [9.17, 15) is 15.0 Å². The van der Waals surface area contributed by atoms with Crippen LogP contribution in [-0.2, 0) is 11.2 Å². The highest BCUT2D eigenvalue weighted by atomic mass is 16.5. The SMILES string of the molecule is [2H]C([2H])([2H])C(CC#CC)[C@H](O)C=C[C@@H]1[C@H]2c3cccc(CCCC(=O)O)c3O[C@H]2C[C@H]1O. The van der Waals surface area contributed by atoms with Crippen LogP contribution in [-0.4, -0.2) is 39.6 Å². The van der Waals surface area contributed by atoms with Gasteiger partial charge in [0.15, 0.2) is 0 Å². The summed E-state index contributed by atoms with van der Waals surface area (Å²) in [6.07, 6.45) is 2.79. The fourth-order valence-electron chi connectivity index (χ4n) is 4.30. The Morgan fingerprint density at radius 1 is 1.48 bits per heavy atom. The molecule has 5 heteroatoms. The topological polar surface area (TPSA) is 87.0 Å². The van der Waals surface area contributed by atoms with Crippen molar-refractivity contribution in [2.75, 3.05) is 0 Å². The number of ether oxygens (including phenoxy) is 1. The lowest BCUT2D eigenvalue weighted by Crippen LogP contribution is -2.19. The van der Waals surface area contributed by atoms with Crippen LogP contribution >= 0.6 is 0 Å². The Morgan fingerprint density at radius 2 is 2.31 bits per heavy atom. The average molecular weight is 402 g/mol. The Kier molecular flexibility index (Phi) is 5.73. The lowest BCUT2D eigenvalue weighted by atomic mass is 9.86. The Labute approximate surface area is 176 Å². The number of carbonyl (C=O) groups is 1. The predicted molar refractivity (Wildman–Crippen MR) is 111 cm³/mol. The molecule has 0 bridgehead atoms. The van der Waals surface area contributed by atoms with Crippen LogP contribution in [0.15, 0.2) is 30.4 Å². The highest BCUT2D eigenvalue weighted by Crippen LogP contribution is 2.52. The second-order valence-corrected chi connectivity index (χ2v) is 7.76. The van der Waals surface area contributed by atoms with Gasteiger partial charge < -0.3 is 20.1 Å². The molecule has 3 rings (SSSR count). The first-order valence-electron chi connectivity index (χ1n) is 11.6. The maximum atomic E-state index is 10.8. The fourth-order valence-corrected chi connectivity index (χ4v) is 4.30. The van der Waals surface area contributed by atoms with Crippen LogP contribution in [0, 0.1) is 23.7 Å². The van der Waals surface area contributed by atoms with E-state index < -0.39 is 30.9 Å². The maximum Gasteiger partial charge on any atom is 0.303 e. The zero-order chi connectivity index (χ0) is 23.5. The molecular formula is C24H30O5. The van der Waals surface area contributed by atoms with Gasteiger partial charge in [-0.15, -0.1) is 11.8 Å². The standard InChI is InChI=1S/C24H30O5/c1-3-4-7-15(2)19(25)13-12-17-20(26)14-21-23(17)18-10-5-8-16(24(18)29-21)9-6-11-22(27)28/h5,8,10,12-13,15,17,19-21,23,25-26H,6-7,9,11,14H2,1-2H3,(H,27,28)/t15?,17-,19+,20+,21-,23-/m0/s1/i2D3. The summed E-state index contributed by atoms with van der Waals surface area (Å²) in [5.41, 5.74) is 1.92. The first-order chi connectivity index (χ1) is 15.1. The van der Waals surface area contributed by atoms with Crippen molar-refractivity contribution in [3.8, 4) is 17.6 Å². The van der Waals surface area contributed by atoms with Crippen LogP contribution in [0.3, 0.4) is 0 Å². The number of rotatable bonds is 8. The van der Waals surface area contributed by atoms with Crippen molar-refractivity contribution in [2.45, 2.75) is 70.1 Å². The molecule has 6 atom stereocenters. The van der Waals surface area contributed by atoms with E-state index in [0.717, 1.165) is 16.9 Å². The number of aryl methyl sites for hydroxylation is 1. The van der Waals surface area contributed by atoms with E-state index in [1.807, 2.05) is 18.2 Å². The van der Waals surface area contributed by atoms with Gasteiger partial charge in [-0.3, -0.25) is 4.79 Å². The van der Waals surface area contributed by atoms with E-state index >= 15 is 0 Å². The van der Waals surface area contributed by atoms with E-state index in [1.54, 1.807) is 13.0 Å². The van der Waals surface area contributed by atoms with Crippen LogP contribution in [0.5, 0.6) is 5.75 Å². The third kappa shape index (κ3) is 4.83. The molecule has 0 amide bonds. The average Bonchev–Trinajstić information content (AvgIpc) is 3.20. The molecule has 1 unspecified atom stereocenters. The molecule has 1 fully saturated rings. The van der Waals surface area contributed by atoms with Crippen LogP contribution in [0.1, 0.15) is 60.6 Å². The van der Waals surface area contributed by atoms with Crippen LogP contribution in [0.25, 0.3) is 0 Å². The molecule has 0 aromatic heterocycles. The van der Waals surface area contributed by atoms with Gasteiger partial charge in [-0.2, -0.15) is 0 Å². The van der Waals surface area contributed by atoms with Crippen molar-refractivity contribution in [1.29, 1.82) is 0 Å². The number of aliphatic carboxylic acids is 1. The Morgan fingerprint density at radius 3 is 3.03 bits per heavy atom. The van der Waals surface area contributed by atoms with E-state index in [4.69, 9.17) is 14.0 Å². The molecule has 1 aromatic carbocycles. The van der Waals surface area contributed by atoms with Gasteiger partial charge >= 0.3 is 5.97 Å². The first kappa shape index (κ1) is 17.6. The maximum absolute atomic E-state index is 10.8. The molecule has 1 aliphatic heterocycles. The molecule has 0 saturated heterocycles. The quantitative estimate of drug-likeness (QED) is 0.460. The molecule has 0 spiro atoms. The second-order valence-electron chi connectivity index (χ2n) is 7.76. The number of aliphatic hydroxyl groups excluding tert-OH is 2. The van der Waals surface area contributed by atoms with Crippen molar-refractivity contribution in [1.82, 2.24) is 0 Å². The van der Waals surface area contributed by atoms with Crippen molar-refractivity contribution >= 4 is 5.97 Å². The Hall–Kier alpha value is -2.29. The molecule has 1 aliphatic carbocycles. The number of fused-ring (bicyclic) bond motifs is 3. The van der Waals surface area contributed by atoms with Gasteiger partial charge in [-0.25, -0.2) is 0 Å². The predicted octanol–water partition coefficient (Wildman–Crippen LogP) is 3.29. The zero-order valence-corrected chi connectivity index (χ0v) is 16.5. The number of carboxylic acids is 1. The van der Waals surface area contributed by atoms with Crippen molar-refractivity contribution < 1.29 is 29.0 Å². The summed E-state index contributed by atoms with van der Waals surface area (Å²) in [4.78, 5) is 10.8. The van der Waals surface area contributed by atoms with Gasteiger partial charge in [-0.05, 0) is 31.2 Å². The van der Waals surface area contributed by atoms with Crippen LogP contribution in [0.4, 0.5) is 0 Å². The molecule has 29 heavy (non-hydrogen) atoms. The van der Waals surface area contributed by atoms with Gasteiger partial charge in [0.1, 0.15) is 11.9 Å². The lowest BCUT2D eigenvalue weighted by molar-refractivity contribution is -0.137.